The van der Waals surface area contributed by atoms with Crippen LogP contribution in [0.5, 0.6) is 0 Å². The lowest BCUT2D eigenvalue weighted by Crippen LogP contribution is -2.19. The van der Waals surface area contributed by atoms with E-state index in [4.69, 9.17) is 9.97 Å². The van der Waals surface area contributed by atoms with Gasteiger partial charge in [-0.15, -0.1) is 0 Å². The Kier molecular flexibility index (Phi) is 7.07. The molecule has 0 fully saturated rings. The predicted molar refractivity (Wildman–Crippen MR) is 192 cm³/mol. The van der Waals surface area contributed by atoms with Crippen molar-refractivity contribution in [3.63, 3.8) is 0 Å². The van der Waals surface area contributed by atoms with Gasteiger partial charge in [-0.1, -0.05) is 76.2 Å². The van der Waals surface area contributed by atoms with Crippen LogP contribution >= 0.6 is 0 Å². The van der Waals surface area contributed by atoms with Crippen molar-refractivity contribution >= 4 is 44.1 Å². The summed E-state index contributed by atoms with van der Waals surface area (Å²) < 4.78 is 0. The van der Waals surface area contributed by atoms with Crippen LogP contribution in [0.3, 0.4) is 0 Å². The maximum Gasteiger partial charge on any atom is 0.0769 e. The molecule has 2 N–H and O–H groups in total. The SMILES string of the molecule is CCC1=C(C)c2cc3[nH]c(c(CC)c3C)c(-c3ccccc3)c3[nH]c(cc4nc5c(cccc5c1n2)C4(C)CC)c(C)c3CC. The minimum absolute atomic E-state index is 0.196. The number of allylic oxidation sites excluding steroid dienone is 2. The third-order valence-electron chi connectivity index (χ3n) is 10.8. The van der Waals surface area contributed by atoms with Gasteiger partial charge in [0.2, 0.25) is 0 Å². The highest BCUT2D eigenvalue weighted by Gasteiger charge is 2.35. The Balaban J connectivity index is 1.78. The highest BCUT2D eigenvalue weighted by atomic mass is 14.8. The van der Waals surface area contributed by atoms with Crippen LogP contribution in [0.1, 0.15) is 99.3 Å². The van der Waals surface area contributed by atoms with E-state index in [0.29, 0.717) is 0 Å². The minimum atomic E-state index is -0.196. The molecule has 4 heteroatoms. The normalized spacial score (nSPS) is 16.4. The summed E-state index contributed by atoms with van der Waals surface area (Å²) in [4.78, 5) is 18.7. The van der Waals surface area contributed by atoms with Crippen LogP contribution in [0.15, 0.2) is 60.7 Å². The Morgan fingerprint density at radius 2 is 1.36 bits per heavy atom. The van der Waals surface area contributed by atoms with Gasteiger partial charge in [0.15, 0.2) is 0 Å². The van der Waals surface area contributed by atoms with Crippen molar-refractivity contribution in [3.05, 3.63) is 106 Å². The Bertz CT molecular complexity index is 2190. The van der Waals surface area contributed by atoms with Crippen LogP contribution in [-0.2, 0) is 18.3 Å². The second kappa shape index (κ2) is 10.9. The van der Waals surface area contributed by atoms with E-state index in [2.05, 4.69) is 126 Å². The van der Waals surface area contributed by atoms with E-state index in [1.165, 1.54) is 61.1 Å². The largest absolute Gasteiger partial charge is 0.354 e. The average Bonchev–Trinajstić information content (AvgIpc) is 3.73. The lowest BCUT2D eigenvalue weighted by Gasteiger charge is -2.23. The van der Waals surface area contributed by atoms with E-state index < -0.39 is 0 Å². The van der Waals surface area contributed by atoms with Gasteiger partial charge in [-0.3, -0.25) is 4.98 Å². The molecule has 8 bridgehead atoms. The molecule has 2 aliphatic heterocycles. The van der Waals surface area contributed by atoms with Crippen molar-refractivity contribution in [1.82, 2.24) is 19.9 Å². The van der Waals surface area contributed by atoms with Gasteiger partial charge < -0.3 is 9.97 Å². The predicted octanol–water partition coefficient (Wildman–Crippen LogP) is 10.9. The fourth-order valence-electron chi connectivity index (χ4n) is 7.84. The molecule has 5 heterocycles. The Hall–Kier alpha value is -4.44. The number of benzene rings is 2. The molecule has 0 radical (unpaired) electrons. The van der Waals surface area contributed by atoms with Crippen molar-refractivity contribution < 1.29 is 0 Å². The summed E-state index contributed by atoms with van der Waals surface area (Å²) in [7, 11) is 0. The van der Waals surface area contributed by atoms with Gasteiger partial charge >= 0.3 is 0 Å². The van der Waals surface area contributed by atoms with Gasteiger partial charge in [0, 0.05) is 27.4 Å². The second-order valence-corrected chi connectivity index (χ2v) is 13.0. The molecule has 7 rings (SSSR count). The number of aromatic nitrogens is 4. The standard InChI is InChI=1S/C41H44N4/c1-9-27-23(5)32-21-33-24(6)28(10-2)39(43-33)36(26-17-14-13-15-18-26)40-29(11-3)25(7)34(44-40)22-35-41(8,12-4)31-20-16-19-30(37(27)42-32)38(31)45-35/h13-22,43-44H,9-12H2,1-8H3. The van der Waals surface area contributed by atoms with Gasteiger partial charge in [-0.05, 0) is 110 Å². The first kappa shape index (κ1) is 29.3. The number of rotatable bonds is 5. The molecule has 45 heavy (non-hydrogen) atoms. The van der Waals surface area contributed by atoms with Crippen LogP contribution < -0.4 is 0 Å². The lowest BCUT2D eigenvalue weighted by atomic mass is 9.78. The third kappa shape index (κ3) is 4.25. The number of fused-ring (bicyclic) bond motifs is 8. The Labute approximate surface area is 266 Å². The maximum atomic E-state index is 5.46. The zero-order chi connectivity index (χ0) is 31.6. The van der Waals surface area contributed by atoms with Gasteiger partial charge in [-0.2, -0.15) is 0 Å². The highest BCUT2D eigenvalue weighted by molar-refractivity contribution is 6.03. The quantitative estimate of drug-likeness (QED) is 0.213. The molecule has 3 aromatic heterocycles. The molecular formula is C41H44N4. The van der Waals surface area contributed by atoms with Crippen LogP contribution in [0.4, 0.5) is 0 Å². The molecular weight excluding hydrogens is 548 g/mol. The second-order valence-electron chi connectivity index (χ2n) is 13.0. The Morgan fingerprint density at radius 3 is 1.96 bits per heavy atom. The number of H-pyrrole nitrogens is 2. The van der Waals surface area contributed by atoms with E-state index in [-0.39, 0.29) is 5.41 Å². The molecule has 0 aliphatic carbocycles. The number of aromatic amines is 2. The molecule has 228 valence electrons. The smallest absolute Gasteiger partial charge is 0.0769 e. The monoisotopic (exact) mass is 592 g/mol. The number of nitrogens with one attached hydrogen (secondary N) is 2. The minimum Gasteiger partial charge on any atom is -0.354 e. The molecule has 5 aromatic rings. The molecule has 0 amide bonds. The fraction of sp³-hybridized carbons (Fsp3) is 0.317. The van der Waals surface area contributed by atoms with Gasteiger partial charge in [0.05, 0.1) is 33.6 Å². The summed E-state index contributed by atoms with van der Waals surface area (Å²) in [5.74, 6) is 0. The number of aryl methyl sites for hydroxylation is 4. The lowest BCUT2D eigenvalue weighted by molar-refractivity contribution is 0.555. The topological polar surface area (TPSA) is 57.4 Å². The van der Waals surface area contributed by atoms with Crippen LogP contribution in [-0.4, -0.2) is 19.9 Å². The first-order chi connectivity index (χ1) is 21.7. The van der Waals surface area contributed by atoms with Gasteiger partial charge in [0.25, 0.3) is 0 Å². The van der Waals surface area contributed by atoms with Crippen molar-refractivity contribution in [1.29, 1.82) is 0 Å². The van der Waals surface area contributed by atoms with E-state index in [0.717, 1.165) is 64.7 Å². The average molecular weight is 593 g/mol. The number of hydrogen-bond donors (Lipinski definition) is 2. The van der Waals surface area contributed by atoms with Gasteiger partial charge in [0.1, 0.15) is 0 Å². The first-order valence-electron chi connectivity index (χ1n) is 16.7. The van der Waals surface area contributed by atoms with Crippen molar-refractivity contribution in [2.24, 2.45) is 0 Å². The summed E-state index contributed by atoms with van der Waals surface area (Å²) in [6.07, 6.45) is 3.75. The molecule has 4 nitrogen and oxygen atoms in total. The van der Waals surface area contributed by atoms with Gasteiger partial charge in [-0.25, -0.2) is 4.98 Å². The van der Waals surface area contributed by atoms with Crippen molar-refractivity contribution in [2.75, 3.05) is 0 Å². The highest BCUT2D eigenvalue weighted by Crippen LogP contribution is 2.45. The van der Waals surface area contributed by atoms with Crippen LogP contribution in [0.25, 0.3) is 55.2 Å². The third-order valence-corrected chi connectivity index (χ3v) is 10.8. The van der Waals surface area contributed by atoms with Crippen LogP contribution in [0.2, 0.25) is 0 Å². The van der Waals surface area contributed by atoms with Crippen molar-refractivity contribution in [2.45, 2.75) is 86.5 Å². The van der Waals surface area contributed by atoms with E-state index in [1.807, 2.05) is 0 Å². The molecule has 2 aromatic carbocycles. The molecule has 0 saturated carbocycles. The van der Waals surface area contributed by atoms with Crippen molar-refractivity contribution in [3.8, 4) is 11.1 Å². The maximum absolute atomic E-state index is 5.46. The summed E-state index contributed by atoms with van der Waals surface area (Å²) in [6, 6.07) is 22.2. The van der Waals surface area contributed by atoms with E-state index in [1.54, 1.807) is 0 Å². The molecule has 0 saturated heterocycles. The number of nitrogens with zero attached hydrogens (tertiary/aromatic N) is 2. The molecule has 1 atom stereocenters. The Morgan fingerprint density at radius 1 is 0.711 bits per heavy atom. The van der Waals surface area contributed by atoms with Crippen LogP contribution in [0, 0.1) is 13.8 Å². The summed E-state index contributed by atoms with van der Waals surface area (Å²) in [5.41, 5.74) is 20.3. The van der Waals surface area contributed by atoms with E-state index >= 15 is 0 Å². The molecule has 2 aliphatic rings. The fourth-order valence-corrected chi connectivity index (χ4v) is 7.84. The van der Waals surface area contributed by atoms with E-state index in [9.17, 15) is 0 Å². The first-order valence-corrected chi connectivity index (χ1v) is 16.7. The molecule has 1 unspecified atom stereocenters. The summed E-state index contributed by atoms with van der Waals surface area (Å²) >= 11 is 0. The summed E-state index contributed by atoms with van der Waals surface area (Å²) in [6.45, 7) is 18.2. The number of hydrogen-bond acceptors (Lipinski definition) is 2. The summed E-state index contributed by atoms with van der Waals surface area (Å²) in [5, 5.41) is 1.14. The zero-order valence-electron chi connectivity index (χ0n) is 28.0. The molecule has 0 spiro atoms. The number of para-hydroxylation sites is 1. The zero-order valence-corrected chi connectivity index (χ0v) is 28.0.